The van der Waals surface area contributed by atoms with Crippen LogP contribution in [0.25, 0.3) is 10.9 Å². The summed E-state index contributed by atoms with van der Waals surface area (Å²) in [5.41, 5.74) is -0.115. The Morgan fingerprint density at radius 3 is 2.29 bits per heavy atom. The average Bonchev–Trinajstić information content (AvgIpc) is 2.87. The number of carboxylic acids is 1. The van der Waals surface area contributed by atoms with Crippen molar-refractivity contribution in [1.29, 1.82) is 0 Å². The molecule has 154 valence electrons. The van der Waals surface area contributed by atoms with Gasteiger partial charge in [-0.15, -0.1) is 0 Å². The van der Waals surface area contributed by atoms with E-state index in [4.69, 9.17) is 9.90 Å². The van der Waals surface area contributed by atoms with Gasteiger partial charge in [-0.1, -0.05) is 0 Å². The summed E-state index contributed by atoms with van der Waals surface area (Å²) >= 11 is 0. The van der Waals surface area contributed by atoms with E-state index in [2.05, 4.69) is 15.6 Å². The van der Waals surface area contributed by atoms with E-state index in [-0.39, 0.29) is 23.1 Å². The van der Waals surface area contributed by atoms with Crippen LogP contribution in [0.15, 0.2) is 12.1 Å². The number of hydrogen-bond donors (Lipinski definition) is 5. The minimum absolute atomic E-state index is 0.102. The highest BCUT2D eigenvalue weighted by molar-refractivity contribution is 6.01. The Hall–Kier alpha value is -2.73. The highest BCUT2D eigenvalue weighted by atomic mass is 19.4. The first-order valence-corrected chi connectivity index (χ1v) is 7.83. The number of aryl methyl sites for hydroxylation is 1. The summed E-state index contributed by atoms with van der Waals surface area (Å²) in [6, 6.07) is 1.93. The molecule has 1 aliphatic rings. The van der Waals surface area contributed by atoms with Crippen LogP contribution in [-0.4, -0.2) is 58.5 Å². The number of β-amino-alcohol motifs (C(OH)–C–C–N with tert-alkyl or cyclic N) is 1. The van der Waals surface area contributed by atoms with Crippen LogP contribution in [0.1, 0.15) is 16.1 Å². The van der Waals surface area contributed by atoms with Gasteiger partial charge in [0.1, 0.15) is 22.9 Å². The second kappa shape index (κ2) is 7.72. The summed E-state index contributed by atoms with van der Waals surface area (Å²) in [6.07, 6.45) is -5.08. The van der Waals surface area contributed by atoms with Gasteiger partial charge in [0.25, 0.3) is 5.91 Å². The minimum Gasteiger partial charge on any atom is -0.475 e. The van der Waals surface area contributed by atoms with Crippen LogP contribution in [0, 0.1) is 18.6 Å². The predicted molar refractivity (Wildman–Crippen MR) is 86.8 cm³/mol. The molecule has 2 heterocycles. The zero-order chi connectivity index (χ0) is 21.3. The number of fused-ring (bicyclic) bond motifs is 1. The lowest BCUT2D eigenvalue weighted by molar-refractivity contribution is -0.192. The van der Waals surface area contributed by atoms with Gasteiger partial charge < -0.3 is 25.8 Å². The van der Waals surface area contributed by atoms with Crippen molar-refractivity contribution in [2.24, 2.45) is 0 Å². The van der Waals surface area contributed by atoms with E-state index in [1.54, 1.807) is 6.92 Å². The van der Waals surface area contributed by atoms with Crippen LogP contribution < -0.4 is 10.6 Å². The standard InChI is InChI=1S/C14H15F2N3O2.C2HF3O2/c1-7-11-9(16)2-8(15)3-10(11)19-12(7)13(20)18-6-14(21)4-17-5-14;3-2(4,5)1(6)7/h2-3,17,19,21H,4-6H2,1H3,(H,18,20);(H,6,7). The zero-order valence-electron chi connectivity index (χ0n) is 14.4. The topological polar surface area (TPSA) is 114 Å². The number of alkyl halides is 3. The molecule has 12 heteroatoms. The number of hydrogen-bond acceptors (Lipinski definition) is 4. The number of amides is 1. The van der Waals surface area contributed by atoms with Gasteiger partial charge in [-0.3, -0.25) is 4.79 Å². The molecule has 0 unspecified atom stereocenters. The van der Waals surface area contributed by atoms with Crippen LogP contribution in [-0.2, 0) is 4.79 Å². The fourth-order valence-corrected chi connectivity index (χ4v) is 2.51. The van der Waals surface area contributed by atoms with Gasteiger partial charge >= 0.3 is 12.1 Å². The lowest BCUT2D eigenvalue weighted by Gasteiger charge is -2.37. The number of benzene rings is 1. The van der Waals surface area contributed by atoms with E-state index in [0.29, 0.717) is 18.7 Å². The molecule has 0 radical (unpaired) electrons. The monoisotopic (exact) mass is 409 g/mol. The normalized spacial score (nSPS) is 15.4. The minimum atomic E-state index is -5.08. The van der Waals surface area contributed by atoms with Gasteiger partial charge in [0.15, 0.2) is 0 Å². The SMILES string of the molecule is Cc1c(C(=O)NCC2(O)CNC2)[nH]c2cc(F)cc(F)c12.O=C(O)C(F)(F)F. The maximum Gasteiger partial charge on any atom is 0.490 e. The van der Waals surface area contributed by atoms with Gasteiger partial charge in [0, 0.05) is 31.1 Å². The Morgan fingerprint density at radius 2 is 1.82 bits per heavy atom. The number of aromatic nitrogens is 1. The number of nitrogens with one attached hydrogen (secondary N) is 3. The molecule has 0 spiro atoms. The predicted octanol–water partition coefficient (Wildman–Crippen LogP) is 1.45. The van der Waals surface area contributed by atoms with Crippen molar-refractivity contribution in [3.63, 3.8) is 0 Å². The maximum atomic E-state index is 13.8. The van der Waals surface area contributed by atoms with Gasteiger partial charge in [0.2, 0.25) is 0 Å². The summed E-state index contributed by atoms with van der Waals surface area (Å²) in [5, 5.41) is 22.7. The first-order valence-electron chi connectivity index (χ1n) is 7.83. The molecule has 2 aromatic rings. The summed E-state index contributed by atoms with van der Waals surface area (Å²) in [5.74, 6) is -4.63. The van der Waals surface area contributed by atoms with Gasteiger partial charge in [0.05, 0.1) is 5.52 Å². The lowest BCUT2D eigenvalue weighted by atomic mass is 9.97. The zero-order valence-corrected chi connectivity index (χ0v) is 14.4. The van der Waals surface area contributed by atoms with E-state index in [9.17, 15) is 31.9 Å². The molecular formula is C16H16F5N3O4. The van der Waals surface area contributed by atoms with Crippen molar-refractivity contribution < 1.29 is 41.8 Å². The van der Waals surface area contributed by atoms with Crippen LogP contribution in [0.2, 0.25) is 0 Å². The Bertz CT molecular complexity index is 906. The van der Waals surface area contributed by atoms with E-state index in [0.717, 1.165) is 12.1 Å². The van der Waals surface area contributed by atoms with Gasteiger partial charge in [-0.2, -0.15) is 13.2 Å². The third kappa shape index (κ3) is 4.75. The molecule has 0 bridgehead atoms. The molecular weight excluding hydrogens is 393 g/mol. The molecule has 1 saturated heterocycles. The second-order valence-electron chi connectivity index (χ2n) is 6.25. The quantitative estimate of drug-likeness (QED) is 0.493. The summed E-state index contributed by atoms with van der Waals surface area (Å²) in [7, 11) is 0. The number of halogens is 5. The van der Waals surface area contributed by atoms with Crippen LogP contribution in [0.3, 0.4) is 0 Å². The van der Waals surface area contributed by atoms with Crippen molar-refractivity contribution in [3.05, 3.63) is 35.0 Å². The molecule has 5 N–H and O–H groups in total. The van der Waals surface area contributed by atoms with E-state index in [1.165, 1.54) is 0 Å². The van der Waals surface area contributed by atoms with E-state index >= 15 is 0 Å². The number of carbonyl (C=O) groups excluding carboxylic acids is 1. The van der Waals surface area contributed by atoms with E-state index in [1.807, 2.05) is 0 Å². The molecule has 0 saturated carbocycles. The molecule has 0 aliphatic carbocycles. The molecule has 1 aromatic carbocycles. The number of carboxylic acid groups (broad SMARTS) is 1. The van der Waals surface area contributed by atoms with Crippen LogP contribution in [0.5, 0.6) is 0 Å². The number of carbonyl (C=O) groups is 2. The van der Waals surface area contributed by atoms with Gasteiger partial charge in [-0.05, 0) is 18.6 Å². The molecule has 1 aromatic heterocycles. The first kappa shape index (κ1) is 21.6. The molecule has 3 rings (SSSR count). The highest BCUT2D eigenvalue weighted by Crippen LogP contribution is 2.25. The number of aromatic amines is 1. The van der Waals surface area contributed by atoms with Crippen molar-refractivity contribution in [2.45, 2.75) is 18.7 Å². The van der Waals surface area contributed by atoms with Crippen LogP contribution in [0.4, 0.5) is 22.0 Å². The first-order chi connectivity index (χ1) is 12.8. The van der Waals surface area contributed by atoms with Gasteiger partial charge in [-0.25, -0.2) is 13.6 Å². The van der Waals surface area contributed by atoms with Crippen molar-refractivity contribution in [1.82, 2.24) is 15.6 Å². The maximum absolute atomic E-state index is 13.8. The molecule has 1 fully saturated rings. The summed E-state index contributed by atoms with van der Waals surface area (Å²) in [4.78, 5) is 23.8. The third-order valence-electron chi connectivity index (χ3n) is 4.02. The summed E-state index contributed by atoms with van der Waals surface area (Å²) < 4.78 is 58.7. The largest absolute Gasteiger partial charge is 0.490 e. The van der Waals surface area contributed by atoms with Crippen molar-refractivity contribution >= 4 is 22.8 Å². The Morgan fingerprint density at radius 1 is 1.25 bits per heavy atom. The average molecular weight is 409 g/mol. The fraction of sp³-hybridized carbons (Fsp3) is 0.375. The number of H-pyrrole nitrogens is 1. The number of aliphatic hydroxyl groups is 1. The van der Waals surface area contributed by atoms with E-state index < -0.39 is 35.3 Å². The highest BCUT2D eigenvalue weighted by Gasteiger charge is 2.38. The van der Waals surface area contributed by atoms with Crippen LogP contribution >= 0.6 is 0 Å². The smallest absolute Gasteiger partial charge is 0.475 e. The second-order valence-corrected chi connectivity index (χ2v) is 6.25. The van der Waals surface area contributed by atoms with Crippen molar-refractivity contribution in [3.8, 4) is 0 Å². The Balaban J connectivity index is 0.000000345. The lowest BCUT2D eigenvalue weighted by Crippen LogP contribution is -2.64. The molecule has 28 heavy (non-hydrogen) atoms. The number of aliphatic carboxylic acids is 1. The molecule has 7 nitrogen and oxygen atoms in total. The third-order valence-corrected chi connectivity index (χ3v) is 4.02. The fourth-order valence-electron chi connectivity index (χ4n) is 2.51. The molecule has 1 amide bonds. The Kier molecular flexibility index (Phi) is 5.94. The summed E-state index contributed by atoms with van der Waals surface area (Å²) in [6.45, 7) is 2.52. The molecule has 1 aliphatic heterocycles. The number of rotatable bonds is 3. The molecule has 0 atom stereocenters. The Labute approximate surface area is 154 Å². The van der Waals surface area contributed by atoms with Crippen molar-refractivity contribution in [2.75, 3.05) is 19.6 Å².